The molecule has 13 heteroatoms. The Morgan fingerprint density at radius 3 is 2.66 bits per heavy atom. The normalized spacial score (nSPS) is 16.7. The minimum absolute atomic E-state index is 0.0318. The quantitative estimate of drug-likeness (QED) is 0.184. The van der Waals surface area contributed by atoms with Gasteiger partial charge in [-0.25, -0.2) is 19.2 Å². The van der Waals surface area contributed by atoms with Crippen molar-refractivity contribution in [3.8, 4) is 0 Å². The van der Waals surface area contributed by atoms with Crippen LogP contribution in [0.25, 0.3) is 5.65 Å². The zero-order valence-corrected chi connectivity index (χ0v) is 23.9. The highest BCUT2D eigenvalue weighted by Gasteiger charge is 2.38. The molecule has 0 atom stereocenters. The number of aromatic nitrogens is 4. The van der Waals surface area contributed by atoms with Gasteiger partial charge in [-0.15, -0.1) is 0 Å². The van der Waals surface area contributed by atoms with E-state index in [-0.39, 0.29) is 55.7 Å². The number of pyridine rings is 1. The SMILES string of the molecule is O=C(Nc1ncc(F)c(NCc2cn3cc(C4CC4)cc(N4CC(=O)N(CCOCc5ccccc5)C4=O)c3n2)n1)C1CC1. The number of carbonyl (C=O) groups is 3. The summed E-state index contributed by atoms with van der Waals surface area (Å²) in [5.74, 6) is -0.815. The summed E-state index contributed by atoms with van der Waals surface area (Å²) in [4.78, 5) is 53.9. The first kappa shape index (κ1) is 27.9. The van der Waals surface area contributed by atoms with Gasteiger partial charge in [0.15, 0.2) is 17.3 Å². The van der Waals surface area contributed by atoms with Crippen molar-refractivity contribution in [3.63, 3.8) is 0 Å². The number of halogens is 1. The van der Waals surface area contributed by atoms with E-state index in [1.807, 2.05) is 53.2 Å². The van der Waals surface area contributed by atoms with E-state index < -0.39 is 11.8 Å². The van der Waals surface area contributed by atoms with Gasteiger partial charge >= 0.3 is 6.03 Å². The number of benzene rings is 1. The Bertz CT molecular complexity index is 1740. The minimum Gasteiger partial charge on any atom is -0.375 e. The second kappa shape index (κ2) is 11.6. The van der Waals surface area contributed by atoms with Crippen LogP contribution >= 0.6 is 0 Å². The Balaban J connectivity index is 1.07. The van der Waals surface area contributed by atoms with Crippen molar-refractivity contribution in [1.82, 2.24) is 24.3 Å². The van der Waals surface area contributed by atoms with Crippen molar-refractivity contribution < 1.29 is 23.5 Å². The van der Waals surface area contributed by atoms with Crippen LogP contribution in [-0.2, 0) is 27.5 Å². The fourth-order valence-electron chi connectivity index (χ4n) is 5.23. The predicted molar refractivity (Wildman–Crippen MR) is 158 cm³/mol. The third kappa shape index (κ3) is 5.95. The molecule has 1 aliphatic heterocycles. The molecular formula is C31H31FN8O4. The number of nitrogens with zero attached hydrogens (tertiary/aromatic N) is 6. The van der Waals surface area contributed by atoms with Crippen molar-refractivity contribution in [2.24, 2.45) is 5.92 Å². The third-order valence-corrected chi connectivity index (χ3v) is 7.93. The summed E-state index contributed by atoms with van der Waals surface area (Å²) in [7, 11) is 0. The highest BCUT2D eigenvalue weighted by atomic mass is 19.1. The van der Waals surface area contributed by atoms with Crippen LogP contribution < -0.4 is 15.5 Å². The number of carbonyl (C=O) groups excluding carboxylic acids is 3. The Morgan fingerprint density at radius 2 is 1.89 bits per heavy atom. The van der Waals surface area contributed by atoms with Crippen LogP contribution in [0.15, 0.2) is 55.0 Å². The first-order valence-electron chi connectivity index (χ1n) is 14.8. The van der Waals surface area contributed by atoms with Gasteiger partial charge in [-0.3, -0.25) is 24.7 Å². The molecular weight excluding hydrogens is 567 g/mol. The lowest BCUT2D eigenvalue weighted by Crippen LogP contribution is -2.35. The highest BCUT2D eigenvalue weighted by molar-refractivity contribution is 6.13. The van der Waals surface area contributed by atoms with Crippen LogP contribution in [0.5, 0.6) is 0 Å². The van der Waals surface area contributed by atoms with Gasteiger partial charge in [-0.1, -0.05) is 30.3 Å². The molecule has 4 aromatic rings. The van der Waals surface area contributed by atoms with Gasteiger partial charge in [0.2, 0.25) is 11.9 Å². The molecule has 3 aromatic heterocycles. The predicted octanol–water partition coefficient (Wildman–Crippen LogP) is 4.09. The monoisotopic (exact) mass is 598 g/mol. The van der Waals surface area contributed by atoms with E-state index in [4.69, 9.17) is 9.72 Å². The topological polar surface area (TPSA) is 134 Å². The van der Waals surface area contributed by atoms with Crippen LogP contribution in [-0.4, -0.2) is 61.8 Å². The van der Waals surface area contributed by atoms with Crippen LogP contribution in [0.3, 0.4) is 0 Å². The standard InChI is InChI=1S/C31H31FN8O4/c32-24-14-34-30(37-29(42)21-8-9-21)36-27(24)33-13-23-16-38-15-22(20-6-7-20)12-25(28(38)35-23)40-17-26(41)39(31(40)43)10-11-44-18-19-4-2-1-3-5-19/h1-5,12,14-16,20-21H,6-11,13,17-18H2,(H2,33,34,36,37,42). The molecule has 12 nitrogen and oxygen atoms in total. The van der Waals surface area contributed by atoms with Gasteiger partial charge in [0.05, 0.1) is 43.9 Å². The molecule has 4 heterocycles. The summed E-state index contributed by atoms with van der Waals surface area (Å²) in [5.41, 5.74) is 3.71. The fourth-order valence-corrected chi connectivity index (χ4v) is 5.23. The highest BCUT2D eigenvalue weighted by Crippen LogP contribution is 2.42. The molecule has 7 rings (SSSR count). The molecule has 2 aliphatic carbocycles. The number of fused-ring (bicyclic) bond motifs is 1. The van der Waals surface area contributed by atoms with Crippen molar-refractivity contribution in [1.29, 1.82) is 0 Å². The Morgan fingerprint density at radius 1 is 1.07 bits per heavy atom. The Hall–Kier alpha value is -4.91. The largest absolute Gasteiger partial charge is 0.375 e. The van der Waals surface area contributed by atoms with E-state index in [1.54, 1.807) is 0 Å². The number of imide groups is 1. The second-order valence-corrected chi connectivity index (χ2v) is 11.4. The molecule has 2 N–H and O–H groups in total. The maximum Gasteiger partial charge on any atom is 0.331 e. The molecule has 0 spiro atoms. The number of imidazole rings is 1. The summed E-state index contributed by atoms with van der Waals surface area (Å²) < 4.78 is 22.1. The molecule has 3 aliphatic rings. The number of hydrogen-bond acceptors (Lipinski definition) is 8. The molecule has 226 valence electrons. The summed E-state index contributed by atoms with van der Waals surface area (Å²) in [5, 5.41) is 5.56. The van der Waals surface area contributed by atoms with Gasteiger partial charge in [0, 0.05) is 18.3 Å². The van der Waals surface area contributed by atoms with Crippen LogP contribution in [0.4, 0.5) is 26.6 Å². The summed E-state index contributed by atoms with van der Waals surface area (Å²) >= 11 is 0. The zero-order chi connectivity index (χ0) is 30.2. The van der Waals surface area contributed by atoms with E-state index in [1.165, 1.54) is 9.80 Å². The number of anilines is 3. The number of hydrogen-bond donors (Lipinski definition) is 2. The van der Waals surface area contributed by atoms with Gasteiger partial charge < -0.3 is 14.5 Å². The van der Waals surface area contributed by atoms with Gasteiger partial charge in [0.25, 0.3) is 5.91 Å². The molecule has 0 unspecified atom stereocenters. The Kier molecular flexibility index (Phi) is 7.38. The molecule has 3 fully saturated rings. The smallest absolute Gasteiger partial charge is 0.331 e. The van der Waals surface area contributed by atoms with Crippen molar-refractivity contribution >= 4 is 40.9 Å². The molecule has 4 amide bonds. The van der Waals surface area contributed by atoms with Crippen molar-refractivity contribution in [3.05, 3.63) is 77.6 Å². The molecule has 44 heavy (non-hydrogen) atoms. The maximum atomic E-state index is 14.5. The number of rotatable bonds is 12. The summed E-state index contributed by atoms with van der Waals surface area (Å²) in [6.07, 6.45) is 8.57. The van der Waals surface area contributed by atoms with E-state index in [9.17, 15) is 18.8 Å². The van der Waals surface area contributed by atoms with Gasteiger partial charge in [0.1, 0.15) is 6.54 Å². The van der Waals surface area contributed by atoms with E-state index >= 15 is 0 Å². The molecule has 1 saturated heterocycles. The molecule has 0 radical (unpaired) electrons. The average molecular weight is 599 g/mol. The summed E-state index contributed by atoms with van der Waals surface area (Å²) in [6.45, 7) is 0.801. The first-order chi connectivity index (χ1) is 21.4. The number of nitrogens with one attached hydrogen (secondary N) is 2. The number of ether oxygens (including phenoxy) is 1. The van der Waals surface area contributed by atoms with E-state index in [2.05, 4.69) is 20.6 Å². The molecule has 2 saturated carbocycles. The average Bonchev–Trinajstić information content (AvgIpc) is 3.96. The fraction of sp³-hybridized carbons (Fsp3) is 0.355. The number of amides is 4. The first-order valence-corrected chi connectivity index (χ1v) is 14.8. The molecule has 0 bridgehead atoms. The summed E-state index contributed by atoms with van der Waals surface area (Å²) in [6, 6.07) is 11.2. The van der Waals surface area contributed by atoms with E-state index in [0.29, 0.717) is 29.6 Å². The van der Waals surface area contributed by atoms with Crippen LogP contribution in [0, 0.1) is 11.7 Å². The molecule has 1 aromatic carbocycles. The number of urea groups is 1. The van der Waals surface area contributed by atoms with Crippen molar-refractivity contribution in [2.45, 2.75) is 44.8 Å². The third-order valence-electron chi connectivity index (χ3n) is 7.93. The lowest BCUT2D eigenvalue weighted by molar-refractivity contribution is -0.125. The minimum atomic E-state index is -0.663. The maximum absolute atomic E-state index is 14.5. The van der Waals surface area contributed by atoms with Crippen LogP contribution in [0.2, 0.25) is 0 Å². The lowest BCUT2D eigenvalue weighted by atomic mass is 10.1. The Labute approximate surface area is 252 Å². The van der Waals surface area contributed by atoms with Gasteiger partial charge in [-0.2, -0.15) is 4.98 Å². The van der Waals surface area contributed by atoms with Crippen molar-refractivity contribution in [2.75, 3.05) is 35.2 Å². The second-order valence-electron chi connectivity index (χ2n) is 11.4. The zero-order valence-electron chi connectivity index (χ0n) is 23.9. The van der Waals surface area contributed by atoms with Crippen LogP contribution in [0.1, 0.15) is 48.4 Å². The van der Waals surface area contributed by atoms with Gasteiger partial charge in [-0.05, 0) is 48.8 Å². The lowest BCUT2D eigenvalue weighted by Gasteiger charge is -2.18. The van der Waals surface area contributed by atoms with E-state index in [0.717, 1.165) is 43.0 Å².